The molecule has 1 N–H and O–H groups in total. The van der Waals surface area contributed by atoms with Crippen LogP contribution >= 0.6 is 11.8 Å². The monoisotopic (exact) mass is 428 g/mol. The Morgan fingerprint density at radius 3 is 2.80 bits per heavy atom. The number of likely N-dealkylation sites (tertiary alicyclic amines) is 1. The lowest BCUT2D eigenvalue weighted by molar-refractivity contribution is -0.132. The van der Waals surface area contributed by atoms with Crippen molar-refractivity contribution in [1.82, 2.24) is 19.4 Å². The van der Waals surface area contributed by atoms with E-state index in [-0.39, 0.29) is 29.1 Å². The van der Waals surface area contributed by atoms with E-state index in [0.717, 1.165) is 37.9 Å². The van der Waals surface area contributed by atoms with Crippen molar-refractivity contribution < 1.29 is 9.18 Å². The molecule has 0 saturated carbocycles. The van der Waals surface area contributed by atoms with Crippen LogP contribution in [0, 0.1) is 12.7 Å². The first-order valence-electron chi connectivity index (χ1n) is 10.3. The molecule has 30 heavy (non-hydrogen) atoms. The number of nitrogens with one attached hydrogen (secondary N) is 1. The number of carbonyl (C=O) groups is 1. The van der Waals surface area contributed by atoms with E-state index in [0.29, 0.717) is 21.9 Å². The Morgan fingerprint density at radius 2 is 2.07 bits per heavy atom. The number of hydrogen-bond acceptors (Lipinski definition) is 4. The molecule has 1 aromatic carbocycles. The predicted molar refractivity (Wildman–Crippen MR) is 117 cm³/mol. The summed E-state index contributed by atoms with van der Waals surface area (Å²) in [6, 6.07) is 7.81. The van der Waals surface area contributed by atoms with Gasteiger partial charge in [0.2, 0.25) is 5.91 Å². The molecule has 2 aromatic heterocycles. The number of piperidine rings is 1. The Labute approximate surface area is 178 Å². The molecule has 0 radical (unpaired) electrons. The molecule has 3 aromatic rings. The molecule has 1 aliphatic heterocycles. The third kappa shape index (κ3) is 4.01. The quantitative estimate of drug-likeness (QED) is 0.492. The first-order chi connectivity index (χ1) is 14.5. The van der Waals surface area contributed by atoms with Gasteiger partial charge in [-0.05, 0) is 62.9 Å². The number of amides is 1. The lowest BCUT2D eigenvalue weighted by Gasteiger charge is -2.35. The molecule has 1 fully saturated rings. The van der Waals surface area contributed by atoms with Crippen molar-refractivity contribution in [2.75, 3.05) is 12.3 Å². The van der Waals surface area contributed by atoms with E-state index < -0.39 is 0 Å². The van der Waals surface area contributed by atoms with Crippen molar-refractivity contribution in [1.29, 1.82) is 0 Å². The molecule has 1 amide bonds. The van der Waals surface area contributed by atoms with Crippen molar-refractivity contribution in [3.63, 3.8) is 0 Å². The van der Waals surface area contributed by atoms with E-state index in [1.54, 1.807) is 12.1 Å². The molecule has 158 valence electrons. The van der Waals surface area contributed by atoms with Gasteiger partial charge in [-0.25, -0.2) is 9.37 Å². The average Bonchev–Trinajstić information content (AvgIpc) is 3.13. The van der Waals surface area contributed by atoms with Crippen molar-refractivity contribution in [3.8, 4) is 5.69 Å². The molecule has 0 bridgehead atoms. The highest BCUT2D eigenvalue weighted by molar-refractivity contribution is 7.99. The fraction of sp³-hybridized carbons (Fsp3) is 0.409. The first-order valence-corrected chi connectivity index (χ1v) is 11.3. The highest BCUT2D eigenvalue weighted by Gasteiger charge is 2.26. The molecule has 8 heteroatoms. The van der Waals surface area contributed by atoms with Crippen LogP contribution < -0.4 is 5.56 Å². The zero-order valence-electron chi connectivity index (χ0n) is 17.2. The number of aryl methyl sites for hydroxylation is 1. The third-order valence-electron chi connectivity index (χ3n) is 5.58. The van der Waals surface area contributed by atoms with Gasteiger partial charge >= 0.3 is 0 Å². The number of thioether (sulfide) groups is 1. The lowest BCUT2D eigenvalue weighted by atomic mass is 10.0. The van der Waals surface area contributed by atoms with Gasteiger partial charge in [-0.3, -0.25) is 14.2 Å². The summed E-state index contributed by atoms with van der Waals surface area (Å²) < 4.78 is 14.9. The summed E-state index contributed by atoms with van der Waals surface area (Å²) in [6.45, 7) is 4.76. The molecule has 1 atom stereocenters. The number of H-pyrrole nitrogens is 1. The van der Waals surface area contributed by atoms with Crippen molar-refractivity contribution >= 4 is 28.7 Å². The smallest absolute Gasteiger partial charge is 0.283 e. The van der Waals surface area contributed by atoms with Gasteiger partial charge in [0, 0.05) is 18.3 Å². The molecular formula is C22H25FN4O2S. The SMILES string of the molecule is CCC1CCCCN1C(=O)CSc1nc2cc(C)[nH]c2c(=O)n1-c1ccc(F)cc1. The zero-order chi connectivity index (χ0) is 21.3. The van der Waals surface area contributed by atoms with E-state index in [1.807, 2.05) is 17.9 Å². The second-order valence-corrected chi connectivity index (χ2v) is 8.60. The van der Waals surface area contributed by atoms with Gasteiger partial charge in [0.1, 0.15) is 11.3 Å². The van der Waals surface area contributed by atoms with E-state index in [2.05, 4.69) is 16.9 Å². The van der Waals surface area contributed by atoms with Gasteiger partial charge in [-0.2, -0.15) is 0 Å². The van der Waals surface area contributed by atoms with Crippen LogP contribution in [0.1, 0.15) is 38.3 Å². The standard InChI is InChI=1S/C22H25FN4O2S/c1-3-16-6-4-5-11-26(16)19(28)13-30-22-25-18-12-14(2)24-20(18)21(29)27(22)17-9-7-15(23)8-10-17/h7-10,12,16,24H,3-6,11,13H2,1-2H3. The number of nitrogens with zero attached hydrogens (tertiary/aromatic N) is 3. The summed E-state index contributed by atoms with van der Waals surface area (Å²) in [6.07, 6.45) is 4.17. The normalized spacial score (nSPS) is 16.9. The topological polar surface area (TPSA) is 71.0 Å². The summed E-state index contributed by atoms with van der Waals surface area (Å²) in [4.78, 5) is 35.8. The lowest BCUT2D eigenvalue weighted by Crippen LogP contribution is -2.44. The molecule has 1 saturated heterocycles. The number of carbonyl (C=O) groups excluding carboxylic acids is 1. The Hall–Kier alpha value is -2.61. The van der Waals surface area contributed by atoms with E-state index in [9.17, 15) is 14.0 Å². The maximum absolute atomic E-state index is 13.4. The van der Waals surface area contributed by atoms with Gasteiger partial charge in [0.05, 0.1) is 17.0 Å². The zero-order valence-corrected chi connectivity index (χ0v) is 18.0. The van der Waals surface area contributed by atoms with Crippen LogP contribution in [-0.2, 0) is 4.79 Å². The van der Waals surface area contributed by atoms with Crippen LogP contribution in [0.5, 0.6) is 0 Å². The Bertz CT molecular complexity index is 1120. The number of hydrogen-bond donors (Lipinski definition) is 1. The molecular weight excluding hydrogens is 403 g/mol. The van der Waals surface area contributed by atoms with E-state index >= 15 is 0 Å². The van der Waals surface area contributed by atoms with Crippen molar-refractivity contribution in [2.24, 2.45) is 0 Å². The van der Waals surface area contributed by atoms with E-state index in [4.69, 9.17) is 0 Å². The van der Waals surface area contributed by atoms with Crippen LogP contribution in [0.3, 0.4) is 0 Å². The molecule has 1 aliphatic rings. The van der Waals surface area contributed by atoms with Gasteiger partial charge in [-0.1, -0.05) is 18.7 Å². The summed E-state index contributed by atoms with van der Waals surface area (Å²) >= 11 is 1.25. The Kier molecular flexibility index (Phi) is 5.94. The maximum atomic E-state index is 13.4. The van der Waals surface area contributed by atoms with Gasteiger partial charge in [-0.15, -0.1) is 0 Å². The van der Waals surface area contributed by atoms with Crippen LogP contribution in [0.25, 0.3) is 16.7 Å². The third-order valence-corrected chi connectivity index (χ3v) is 6.51. The fourth-order valence-corrected chi connectivity index (χ4v) is 4.95. The predicted octanol–water partition coefficient (Wildman–Crippen LogP) is 4.04. The fourth-order valence-electron chi connectivity index (χ4n) is 4.05. The number of benzene rings is 1. The molecule has 4 rings (SSSR count). The summed E-state index contributed by atoms with van der Waals surface area (Å²) in [7, 11) is 0. The summed E-state index contributed by atoms with van der Waals surface area (Å²) in [5.74, 6) is -0.104. The number of aromatic amines is 1. The molecule has 3 heterocycles. The summed E-state index contributed by atoms with van der Waals surface area (Å²) in [5, 5.41) is 0.427. The van der Waals surface area contributed by atoms with Gasteiger partial charge in [0.25, 0.3) is 5.56 Å². The minimum atomic E-state index is -0.378. The largest absolute Gasteiger partial charge is 0.353 e. The number of halogens is 1. The molecule has 6 nitrogen and oxygen atoms in total. The Morgan fingerprint density at radius 1 is 1.30 bits per heavy atom. The number of fused-ring (bicyclic) bond motifs is 1. The van der Waals surface area contributed by atoms with Gasteiger partial charge in [0.15, 0.2) is 5.16 Å². The second-order valence-electron chi connectivity index (χ2n) is 7.66. The minimum absolute atomic E-state index is 0.0665. The minimum Gasteiger partial charge on any atom is -0.353 e. The van der Waals surface area contributed by atoms with Crippen LogP contribution in [0.4, 0.5) is 4.39 Å². The van der Waals surface area contributed by atoms with E-state index in [1.165, 1.54) is 28.5 Å². The highest BCUT2D eigenvalue weighted by Crippen LogP contribution is 2.25. The molecule has 1 unspecified atom stereocenters. The number of aromatic nitrogens is 3. The second kappa shape index (κ2) is 8.63. The van der Waals surface area contributed by atoms with Crippen molar-refractivity contribution in [2.45, 2.75) is 50.7 Å². The maximum Gasteiger partial charge on any atom is 0.283 e. The Balaban J connectivity index is 1.68. The van der Waals surface area contributed by atoms with Crippen LogP contribution in [0.15, 0.2) is 40.3 Å². The highest BCUT2D eigenvalue weighted by atomic mass is 32.2. The summed E-state index contributed by atoms with van der Waals surface area (Å²) in [5.41, 5.74) is 2.05. The van der Waals surface area contributed by atoms with Crippen LogP contribution in [0.2, 0.25) is 0 Å². The number of rotatable bonds is 5. The average molecular weight is 429 g/mol. The van der Waals surface area contributed by atoms with Crippen LogP contribution in [-0.4, -0.2) is 43.7 Å². The van der Waals surface area contributed by atoms with Gasteiger partial charge < -0.3 is 9.88 Å². The molecule has 0 spiro atoms. The molecule has 0 aliphatic carbocycles. The van der Waals surface area contributed by atoms with Crippen molar-refractivity contribution in [3.05, 3.63) is 52.2 Å². The first kappa shape index (κ1) is 20.7.